The highest BCUT2D eigenvalue weighted by atomic mass is 16.6. The fourth-order valence-electron chi connectivity index (χ4n) is 3.47. The van der Waals surface area contributed by atoms with Gasteiger partial charge in [-0.05, 0) is 18.1 Å². The van der Waals surface area contributed by atoms with E-state index in [1.807, 2.05) is 30.3 Å². The Morgan fingerprint density at radius 1 is 1.23 bits per heavy atom. The number of non-ortho nitro benzene ring substituents is 1. The number of nitro groups is 1. The lowest BCUT2D eigenvalue weighted by atomic mass is 10.0. The smallest absolute Gasteiger partial charge is 0.271 e. The third-order valence-corrected chi connectivity index (χ3v) is 5.03. The molecular formula is C22H25N3O5. The molecule has 1 heterocycles. The van der Waals surface area contributed by atoms with Gasteiger partial charge in [0.1, 0.15) is 12.3 Å². The number of unbranched alkanes of at least 4 members (excludes halogenated alkanes) is 2. The zero-order valence-corrected chi connectivity index (χ0v) is 16.9. The van der Waals surface area contributed by atoms with Crippen LogP contribution in [0.25, 0.3) is 0 Å². The summed E-state index contributed by atoms with van der Waals surface area (Å²) in [7, 11) is 0. The molecule has 0 radical (unpaired) electrons. The molecule has 0 saturated heterocycles. The van der Waals surface area contributed by atoms with Crippen LogP contribution >= 0.6 is 0 Å². The molecule has 3 rings (SSSR count). The van der Waals surface area contributed by atoms with Gasteiger partial charge < -0.3 is 10.1 Å². The molecule has 8 nitrogen and oxygen atoms in total. The third kappa shape index (κ3) is 5.14. The fraction of sp³-hybridized carbons (Fsp3) is 0.364. The Morgan fingerprint density at radius 2 is 2.00 bits per heavy atom. The van der Waals surface area contributed by atoms with Gasteiger partial charge in [0.15, 0.2) is 6.61 Å². The van der Waals surface area contributed by atoms with Crippen molar-refractivity contribution in [3.05, 3.63) is 64.2 Å². The first-order valence-electron chi connectivity index (χ1n) is 10.1. The molecule has 0 aliphatic carbocycles. The van der Waals surface area contributed by atoms with Gasteiger partial charge in [-0.2, -0.15) is 0 Å². The van der Waals surface area contributed by atoms with Crippen molar-refractivity contribution in [3.63, 3.8) is 0 Å². The van der Waals surface area contributed by atoms with E-state index >= 15 is 0 Å². The van der Waals surface area contributed by atoms with Crippen LogP contribution in [-0.4, -0.2) is 29.9 Å². The standard InChI is InChI=1S/C22H25N3O5/c1-2-3-5-10-18(16-8-6-4-7-9-16)23-21(26)14-24-19-13-17(25(28)29)11-12-20(19)30-15-22(24)27/h4,6-9,11-13,18H,2-3,5,10,14-15H2,1H3,(H,23,26). The van der Waals surface area contributed by atoms with Crippen molar-refractivity contribution in [2.24, 2.45) is 0 Å². The van der Waals surface area contributed by atoms with E-state index in [0.717, 1.165) is 31.2 Å². The highest BCUT2D eigenvalue weighted by molar-refractivity contribution is 6.02. The Balaban J connectivity index is 1.76. The molecule has 30 heavy (non-hydrogen) atoms. The summed E-state index contributed by atoms with van der Waals surface area (Å²) < 4.78 is 5.35. The molecular weight excluding hydrogens is 386 g/mol. The lowest BCUT2D eigenvalue weighted by Crippen LogP contribution is -2.45. The zero-order valence-electron chi connectivity index (χ0n) is 16.9. The van der Waals surface area contributed by atoms with Gasteiger partial charge in [0.2, 0.25) is 5.91 Å². The minimum atomic E-state index is -0.545. The van der Waals surface area contributed by atoms with Gasteiger partial charge >= 0.3 is 0 Å². The second-order valence-corrected chi connectivity index (χ2v) is 7.20. The normalized spacial score (nSPS) is 13.9. The SMILES string of the molecule is CCCCCC(NC(=O)CN1C(=O)COc2ccc([N+](=O)[O-])cc21)c1ccccc1. The summed E-state index contributed by atoms with van der Waals surface area (Å²) in [6.07, 6.45) is 3.91. The monoisotopic (exact) mass is 411 g/mol. The topological polar surface area (TPSA) is 102 Å². The van der Waals surface area contributed by atoms with Crippen LogP contribution in [0, 0.1) is 10.1 Å². The van der Waals surface area contributed by atoms with E-state index in [1.165, 1.54) is 23.1 Å². The number of nitrogens with one attached hydrogen (secondary N) is 1. The van der Waals surface area contributed by atoms with Crippen molar-refractivity contribution in [2.45, 2.75) is 38.6 Å². The second-order valence-electron chi connectivity index (χ2n) is 7.20. The Kier molecular flexibility index (Phi) is 7.00. The van der Waals surface area contributed by atoms with Crippen LogP contribution in [0.3, 0.4) is 0 Å². The van der Waals surface area contributed by atoms with Gasteiger partial charge in [0, 0.05) is 12.1 Å². The number of fused-ring (bicyclic) bond motifs is 1. The first-order valence-corrected chi connectivity index (χ1v) is 10.1. The van der Waals surface area contributed by atoms with Gasteiger partial charge in [0.05, 0.1) is 16.7 Å². The quantitative estimate of drug-likeness (QED) is 0.385. The number of rotatable bonds is 9. The van der Waals surface area contributed by atoms with Gasteiger partial charge in [-0.25, -0.2) is 0 Å². The van der Waals surface area contributed by atoms with Crippen molar-refractivity contribution in [2.75, 3.05) is 18.1 Å². The summed E-state index contributed by atoms with van der Waals surface area (Å²) >= 11 is 0. The molecule has 2 aromatic carbocycles. The molecule has 0 spiro atoms. The maximum atomic E-state index is 12.8. The Morgan fingerprint density at radius 3 is 2.70 bits per heavy atom. The van der Waals surface area contributed by atoms with Crippen LogP contribution in [0.4, 0.5) is 11.4 Å². The van der Waals surface area contributed by atoms with Crippen molar-refractivity contribution in [1.82, 2.24) is 5.32 Å². The Bertz CT molecular complexity index is 916. The van der Waals surface area contributed by atoms with Crippen molar-refractivity contribution in [3.8, 4) is 5.75 Å². The molecule has 1 N–H and O–H groups in total. The van der Waals surface area contributed by atoms with Gasteiger partial charge in [-0.1, -0.05) is 56.5 Å². The lowest BCUT2D eigenvalue weighted by Gasteiger charge is -2.29. The number of hydrogen-bond donors (Lipinski definition) is 1. The minimum Gasteiger partial charge on any atom is -0.482 e. The lowest BCUT2D eigenvalue weighted by molar-refractivity contribution is -0.384. The van der Waals surface area contributed by atoms with Crippen molar-refractivity contribution < 1.29 is 19.2 Å². The fourth-order valence-corrected chi connectivity index (χ4v) is 3.47. The molecule has 0 saturated carbocycles. The summed E-state index contributed by atoms with van der Waals surface area (Å²) in [5.74, 6) is -0.399. The molecule has 0 aromatic heterocycles. The summed E-state index contributed by atoms with van der Waals surface area (Å²) in [5, 5.41) is 14.1. The van der Waals surface area contributed by atoms with E-state index in [0.29, 0.717) is 5.75 Å². The summed E-state index contributed by atoms with van der Waals surface area (Å²) in [6, 6.07) is 13.6. The number of anilines is 1. The number of nitro benzene ring substituents is 1. The minimum absolute atomic E-state index is 0.161. The van der Waals surface area contributed by atoms with E-state index in [1.54, 1.807) is 0 Å². The van der Waals surface area contributed by atoms with E-state index in [9.17, 15) is 19.7 Å². The molecule has 1 unspecified atom stereocenters. The maximum Gasteiger partial charge on any atom is 0.271 e. The average Bonchev–Trinajstić information content (AvgIpc) is 2.75. The van der Waals surface area contributed by atoms with Gasteiger partial charge in [-0.15, -0.1) is 0 Å². The van der Waals surface area contributed by atoms with Crippen LogP contribution in [0.5, 0.6) is 5.75 Å². The number of nitrogens with zero attached hydrogens (tertiary/aromatic N) is 2. The highest BCUT2D eigenvalue weighted by Gasteiger charge is 2.29. The van der Waals surface area contributed by atoms with Crippen molar-refractivity contribution >= 4 is 23.2 Å². The predicted octanol–water partition coefficient (Wildman–Crippen LogP) is 3.76. The molecule has 1 aliphatic rings. The molecule has 158 valence electrons. The van der Waals surface area contributed by atoms with E-state index in [-0.39, 0.29) is 36.5 Å². The molecule has 1 aliphatic heterocycles. The number of hydrogen-bond acceptors (Lipinski definition) is 5. The molecule has 2 amide bonds. The third-order valence-electron chi connectivity index (χ3n) is 5.03. The highest BCUT2D eigenvalue weighted by Crippen LogP contribution is 2.35. The number of carbonyl (C=O) groups excluding carboxylic acids is 2. The van der Waals surface area contributed by atoms with Gasteiger partial charge in [-0.3, -0.25) is 24.6 Å². The number of amides is 2. The Hall–Kier alpha value is -3.42. The number of carbonyl (C=O) groups is 2. The summed E-state index contributed by atoms with van der Waals surface area (Å²) in [6.45, 7) is 1.68. The predicted molar refractivity (Wildman–Crippen MR) is 112 cm³/mol. The van der Waals surface area contributed by atoms with Crippen LogP contribution in [0.15, 0.2) is 48.5 Å². The van der Waals surface area contributed by atoms with E-state index < -0.39 is 10.8 Å². The zero-order chi connectivity index (χ0) is 21.5. The second kappa shape index (κ2) is 9.87. The molecule has 8 heteroatoms. The summed E-state index contributed by atoms with van der Waals surface area (Å²) in [5.41, 5.74) is 1.07. The molecule has 1 atom stereocenters. The van der Waals surface area contributed by atoms with E-state index in [4.69, 9.17) is 4.74 Å². The van der Waals surface area contributed by atoms with Gasteiger partial charge in [0.25, 0.3) is 11.6 Å². The van der Waals surface area contributed by atoms with Crippen LogP contribution in [-0.2, 0) is 9.59 Å². The van der Waals surface area contributed by atoms with E-state index in [2.05, 4.69) is 12.2 Å². The molecule has 2 aromatic rings. The van der Waals surface area contributed by atoms with Crippen LogP contribution in [0.2, 0.25) is 0 Å². The summed E-state index contributed by atoms with van der Waals surface area (Å²) in [4.78, 5) is 37.0. The number of ether oxygens (including phenoxy) is 1. The van der Waals surface area contributed by atoms with Crippen LogP contribution in [0.1, 0.15) is 44.2 Å². The largest absolute Gasteiger partial charge is 0.482 e. The molecule has 0 bridgehead atoms. The maximum absolute atomic E-state index is 12.8. The molecule has 0 fully saturated rings. The Labute approximate surface area is 175 Å². The number of benzene rings is 2. The average molecular weight is 411 g/mol. The first kappa shape index (κ1) is 21.3. The van der Waals surface area contributed by atoms with Crippen molar-refractivity contribution in [1.29, 1.82) is 0 Å². The first-order chi connectivity index (χ1) is 14.5. The van der Waals surface area contributed by atoms with Crippen LogP contribution < -0.4 is 15.0 Å².